The first kappa shape index (κ1) is 11.9. The Balaban J connectivity index is 2.20. The van der Waals surface area contributed by atoms with Crippen LogP contribution in [0.15, 0.2) is 23.3 Å². The molecule has 0 aromatic heterocycles. The maximum absolute atomic E-state index is 10.0. The van der Waals surface area contributed by atoms with Crippen LogP contribution in [0, 0.1) is 17.3 Å². The third kappa shape index (κ3) is 2.10. The number of rotatable bonds is 0. The maximum Gasteiger partial charge on any atom is 0.0782 e. The lowest BCUT2D eigenvalue weighted by molar-refractivity contribution is 0.213. The molecule has 0 spiro atoms. The summed E-state index contributed by atoms with van der Waals surface area (Å²) < 4.78 is 0. The van der Waals surface area contributed by atoms with Crippen molar-refractivity contribution in [2.24, 2.45) is 17.3 Å². The van der Waals surface area contributed by atoms with E-state index in [0.717, 1.165) is 17.9 Å². The lowest BCUT2D eigenvalue weighted by atomic mass is 10.00. The van der Waals surface area contributed by atoms with E-state index in [4.69, 9.17) is 0 Å². The highest BCUT2D eigenvalue weighted by Crippen LogP contribution is 2.61. The van der Waals surface area contributed by atoms with Crippen molar-refractivity contribution >= 4 is 0 Å². The first-order chi connectivity index (χ1) is 7.43. The van der Waals surface area contributed by atoms with E-state index < -0.39 is 0 Å². The molecule has 0 aliphatic heterocycles. The normalized spacial score (nSPS) is 44.7. The van der Waals surface area contributed by atoms with Crippen molar-refractivity contribution in [3.63, 3.8) is 0 Å². The van der Waals surface area contributed by atoms with Crippen LogP contribution in [0.25, 0.3) is 0 Å². The summed E-state index contributed by atoms with van der Waals surface area (Å²) in [6, 6.07) is 0. The average Bonchev–Trinajstić information content (AvgIpc) is 2.72. The Kier molecular flexibility index (Phi) is 3.00. The third-order valence-corrected chi connectivity index (χ3v) is 4.65. The van der Waals surface area contributed by atoms with E-state index in [1.807, 2.05) is 0 Å². The van der Waals surface area contributed by atoms with Crippen molar-refractivity contribution in [2.45, 2.75) is 53.1 Å². The van der Waals surface area contributed by atoms with E-state index in [1.54, 1.807) is 0 Å². The minimum atomic E-state index is -0.273. The number of fused-ring (bicyclic) bond motifs is 1. The predicted octanol–water partition coefficient (Wildman–Crippen LogP) is 3.70. The fraction of sp³-hybridized carbons (Fsp3) is 0.733. The summed E-state index contributed by atoms with van der Waals surface area (Å²) in [7, 11) is 0. The Bertz CT molecular complexity index is 335. The van der Waals surface area contributed by atoms with E-state index in [1.165, 1.54) is 18.4 Å². The predicted molar refractivity (Wildman–Crippen MR) is 68.1 cm³/mol. The second kappa shape index (κ2) is 4.03. The Morgan fingerprint density at radius 1 is 1.31 bits per heavy atom. The first-order valence-corrected chi connectivity index (χ1v) is 6.45. The van der Waals surface area contributed by atoms with Gasteiger partial charge in [0.15, 0.2) is 0 Å². The van der Waals surface area contributed by atoms with E-state index in [-0.39, 0.29) is 6.10 Å². The zero-order chi connectivity index (χ0) is 11.9. The van der Waals surface area contributed by atoms with Gasteiger partial charge >= 0.3 is 0 Å². The highest BCUT2D eigenvalue weighted by Gasteiger charge is 2.55. The molecule has 1 saturated carbocycles. The van der Waals surface area contributed by atoms with Gasteiger partial charge in [-0.2, -0.15) is 0 Å². The van der Waals surface area contributed by atoms with Crippen LogP contribution in [0.4, 0.5) is 0 Å². The van der Waals surface area contributed by atoms with Crippen LogP contribution in [-0.2, 0) is 0 Å². The number of allylic oxidation sites excluding steroid dienone is 2. The second-order valence-corrected chi connectivity index (χ2v) is 6.20. The van der Waals surface area contributed by atoms with E-state index >= 15 is 0 Å². The van der Waals surface area contributed by atoms with Crippen molar-refractivity contribution in [3.05, 3.63) is 23.3 Å². The lowest BCUT2D eigenvalue weighted by Crippen LogP contribution is -2.08. The van der Waals surface area contributed by atoms with Crippen molar-refractivity contribution < 1.29 is 5.11 Å². The molecule has 0 aromatic rings. The molecule has 2 aliphatic carbocycles. The van der Waals surface area contributed by atoms with Gasteiger partial charge in [-0.15, -0.1) is 0 Å². The van der Waals surface area contributed by atoms with Crippen molar-refractivity contribution in [3.8, 4) is 0 Å². The fourth-order valence-electron chi connectivity index (χ4n) is 3.05. The van der Waals surface area contributed by atoms with Crippen LogP contribution in [0.1, 0.15) is 47.0 Å². The standard InChI is InChI=1S/C15H24O/c1-10-5-7-12-13(15(12,3)4)9-11(2)14(16)8-6-10/h6,9,12-14,16H,5,7-8H2,1-4H3/b10-6+,11-9+/t12-,13+,14+/m0/s1. The molecule has 0 aromatic carbocycles. The molecule has 3 atom stereocenters. The molecule has 16 heavy (non-hydrogen) atoms. The summed E-state index contributed by atoms with van der Waals surface area (Å²) in [5.74, 6) is 1.50. The highest BCUT2D eigenvalue weighted by molar-refractivity contribution is 5.22. The van der Waals surface area contributed by atoms with Gasteiger partial charge in [-0.05, 0) is 55.9 Å². The molecule has 0 bridgehead atoms. The Morgan fingerprint density at radius 3 is 2.69 bits per heavy atom. The molecule has 1 fully saturated rings. The van der Waals surface area contributed by atoms with Gasteiger partial charge in [0.05, 0.1) is 6.10 Å². The third-order valence-electron chi connectivity index (χ3n) is 4.65. The lowest BCUT2D eigenvalue weighted by Gasteiger charge is -2.11. The Morgan fingerprint density at radius 2 is 2.00 bits per heavy atom. The average molecular weight is 220 g/mol. The molecule has 2 rings (SSSR count). The number of hydrogen-bond acceptors (Lipinski definition) is 1. The topological polar surface area (TPSA) is 20.2 Å². The van der Waals surface area contributed by atoms with Crippen LogP contribution >= 0.6 is 0 Å². The summed E-state index contributed by atoms with van der Waals surface area (Å²) in [4.78, 5) is 0. The second-order valence-electron chi connectivity index (χ2n) is 6.20. The van der Waals surface area contributed by atoms with Gasteiger partial charge in [0.2, 0.25) is 0 Å². The smallest absolute Gasteiger partial charge is 0.0782 e. The molecule has 1 heteroatoms. The maximum atomic E-state index is 10.0. The van der Waals surface area contributed by atoms with Crippen molar-refractivity contribution in [1.82, 2.24) is 0 Å². The molecule has 2 aliphatic rings. The van der Waals surface area contributed by atoms with Gasteiger partial charge in [-0.25, -0.2) is 0 Å². The van der Waals surface area contributed by atoms with Crippen LogP contribution in [-0.4, -0.2) is 11.2 Å². The van der Waals surface area contributed by atoms with Gasteiger partial charge in [-0.1, -0.05) is 31.6 Å². The highest BCUT2D eigenvalue weighted by atomic mass is 16.3. The van der Waals surface area contributed by atoms with Crippen LogP contribution in [0.5, 0.6) is 0 Å². The molecule has 0 unspecified atom stereocenters. The molecule has 0 radical (unpaired) electrons. The SMILES string of the molecule is C/C1=C\C[C@@H](O)/C(C)=C/[C@@H]2[C@H](CC1)C2(C)C. The summed E-state index contributed by atoms with van der Waals surface area (Å²) in [5.41, 5.74) is 3.05. The largest absolute Gasteiger partial charge is 0.388 e. The zero-order valence-electron chi connectivity index (χ0n) is 11.0. The quantitative estimate of drug-likeness (QED) is 0.617. The van der Waals surface area contributed by atoms with Gasteiger partial charge in [0, 0.05) is 0 Å². The molecule has 90 valence electrons. The van der Waals surface area contributed by atoms with Gasteiger partial charge in [0.25, 0.3) is 0 Å². The summed E-state index contributed by atoms with van der Waals surface area (Å²) in [5, 5.41) is 10.0. The van der Waals surface area contributed by atoms with Crippen molar-refractivity contribution in [2.75, 3.05) is 0 Å². The van der Waals surface area contributed by atoms with Gasteiger partial charge in [0.1, 0.15) is 0 Å². The summed E-state index contributed by atoms with van der Waals surface area (Å²) in [6.07, 6.45) is 7.54. The molecule has 0 heterocycles. The molecule has 0 amide bonds. The monoisotopic (exact) mass is 220 g/mol. The van der Waals surface area contributed by atoms with Crippen LogP contribution in [0.3, 0.4) is 0 Å². The van der Waals surface area contributed by atoms with E-state index in [0.29, 0.717) is 11.3 Å². The molecule has 1 nitrogen and oxygen atoms in total. The molecule has 1 N–H and O–H groups in total. The Labute approximate surface area is 99.3 Å². The summed E-state index contributed by atoms with van der Waals surface area (Å²) >= 11 is 0. The van der Waals surface area contributed by atoms with Gasteiger partial charge < -0.3 is 5.11 Å². The first-order valence-electron chi connectivity index (χ1n) is 6.45. The number of aliphatic hydroxyl groups excluding tert-OH is 1. The summed E-state index contributed by atoms with van der Waals surface area (Å²) in [6.45, 7) is 8.98. The Hall–Kier alpha value is -0.560. The van der Waals surface area contributed by atoms with E-state index in [9.17, 15) is 5.11 Å². The fourth-order valence-corrected chi connectivity index (χ4v) is 3.05. The number of hydrogen-bond donors (Lipinski definition) is 1. The minimum absolute atomic E-state index is 0.273. The van der Waals surface area contributed by atoms with Gasteiger partial charge in [-0.3, -0.25) is 0 Å². The van der Waals surface area contributed by atoms with E-state index in [2.05, 4.69) is 39.8 Å². The van der Waals surface area contributed by atoms with Crippen LogP contribution < -0.4 is 0 Å². The molecule has 0 saturated heterocycles. The number of aliphatic hydroxyl groups is 1. The van der Waals surface area contributed by atoms with Crippen LogP contribution in [0.2, 0.25) is 0 Å². The van der Waals surface area contributed by atoms with Crippen molar-refractivity contribution in [1.29, 1.82) is 0 Å². The minimum Gasteiger partial charge on any atom is -0.388 e. The molecular weight excluding hydrogens is 196 g/mol. The zero-order valence-corrected chi connectivity index (χ0v) is 11.0. The molecular formula is C15H24O.